The van der Waals surface area contributed by atoms with Crippen LogP contribution in [0.15, 0.2) is 24.3 Å². The summed E-state index contributed by atoms with van der Waals surface area (Å²) in [6, 6.07) is 4.07. The van der Waals surface area contributed by atoms with Crippen molar-refractivity contribution < 1.29 is 32.6 Å². The molecule has 4 fully saturated rings. The summed E-state index contributed by atoms with van der Waals surface area (Å²) in [4.78, 5) is 24.8. The van der Waals surface area contributed by atoms with Crippen molar-refractivity contribution in [2.45, 2.75) is 69.8 Å². The minimum Gasteiger partial charge on any atom is -0.453 e. The molecular weight excluding hydrogens is 399 g/mol. The molecule has 5 rings (SSSR count). The molecule has 4 bridgehead atoms. The summed E-state index contributed by atoms with van der Waals surface area (Å²) < 4.78 is 43.2. The van der Waals surface area contributed by atoms with Gasteiger partial charge in [-0.1, -0.05) is 0 Å². The molecule has 8 heteroatoms. The molecular formula is C22H26F3NO4. The fourth-order valence-electron chi connectivity index (χ4n) is 6.19. The summed E-state index contributed by atoms with van der Waals surface area (Å²) in [6.45, 7) is 1.44. The Labute approximate surface area is 173 Å². The van der Waals surface area contributed by atoms with Gasteiger partial charge in [0.25, 0.3) is 5.91 Å². The highest BCUT2D eigenvalue weighted by atomic mass is 19.4. The Bertz CT molecular complexity index is 822. The van der Waals surface area contributed by atoms with Crippen molar-refractivity contribution in [3.05, 3.63) is 29.8 Å². The molecule has 0 heterocycles. The van der Waals surface area contributed by atoms with Gasteiger partial charge in [-0.15, -0.1) is 0 Å². The van der Waals surface area contributed by atoms with E-state index in [9.17, 15) is 27.9 Å². The number of amides is 1. The molecule has 1 amide bonds. The van der Waals surface area contributed by atoms with Crippen molar-refractivity contribution in [1.29, 1.82) is 0 Å². The summed E-state index contributed by atoms with van der Waals surface area (Å²) in [5.74, 6) is -0.184. The lowest BCUT2D eigenvalue weighted by molar-refractivity contribution is -0.179. The molecule has 1 aromatic rings. The molecule has 164 valence electrons. The minimum atomic E-state index is -4.45. The third kappa shape index (κ3) is 4.33. The largest absolute Gasteiger partial charge is 0.453 e. The number of hydrogen-bond acceptors (Lipinski definition) is 4. The Morgan fingerprint density at radius 2 is 1.77 bits per heavy atom. The number of hydrogen-bond donors (Lipinski definition) is 2. The third-order valence-electron chi connectivity index (χ3n) is 6.83. The Morgan fingerprint density at radius 1 is 1.17 bits per heavy atom. The van der Waals surface area contributed by atoms with Crippen molar-refractivity contribution >= 4 is 17.6 Å². The zero-order valence-corrected chi connectivity index (χ0v) is 16.8. The second kappa shape index (κ2) is 7.25. The third-order valence-corrected chi connectivity index (χ3v) is 6.83. The first kappa shape index (κ1) is 21.2. The molecule has 2 N–H and O–H groups in total. The van der Waals surface area contributed by atoms with E-state index in [1.165, 1.54) is 6.92 Å². The maximum atomic E-state index is 12.6. The normalized spacial score (nSPS) is 33.2. The number of aliphatic hydroxyl groups is 1. The molecule has 0 saturated heterocycles. The van der Waals surface area contributed by atoms with Crippen LogP contribution in [0.3, 0.4) is 0 Å². The van der Waals surface area contributed by atoms with E-state index in [4.69, 9.17) is 4.74 Å². The number of benzene rings is 1. The van der Waals surface area contributed by atoms with Gasteiger partial charge in [0, 0.05) is 5.69 Å². The van der Waals surface area contributed by atoms with Crippen molar-refractivity contribution in [2.75, 3.05) is 5.32 Å². The van der Waals surface area contributed by atoms with Gasteiger partial charge in [0.05, 0.1) is 17.6 Å². The first-order valence-corrected chi connectivity index (χ1v) is 10.4. The summed E-state index contributed by atoms with van der Waals surface area (Å²) in [7, 11) is 0. The van der Waals surface area contributed by atoms with Gasteiger partial charge in [0.2, 0.25) is 0 Å². The van der Waals surface area contributed by atoms with Crippen molar-refractivity contribution in [2.24, 2.45) is 17.3 Å². The zero-order valence-electron chi connectivity index (χ0n) is 16.8. The van der Waals surface area contributed by atoms with Gasteiger partial charge in [-0.3, -0.25) is 9.59 Å². The van der Waals surface area contributed by atoms with Crippen LogP contribution in [-0.4, -0.2) is 28.7 Å². The lowest BCUT2D eigenvalue weighted by atomic mass is 9.47. The molecule has 0 aromatic heterocycles. The van der Waals surface area contributed by atoms with E-state index < -0.39 is 35.3 Å². The number of anilines is 1. The highest BCUT2D eigenvalue weighted by Crippen LogP contribution is 2.62. The minimum absolute atomic E-state index is 0.181. The Hall–Kier alpha value is -2.09. The second-order valence-electron chi connectivity index (χ2n) is 9.56. The predicted octanol–water partition coefficient (Wildman–Crippen LogP) is 4.30. The molecule has 5 atom stereocenters. The topological polar surface area (TPSA) is 75.6 Å². The van der Waals surface area contributed by atoms with Gasteiger partial charge in [-0.25, -0.2) is 0 Å². The number of nitrogens with one attached hydrogen (secondary N) is 1. The van der Waals surface area contributed by atoms with Crippen LogP contribution in [0.4, 0.5) is 18.9 Å². The van der Waals surface area contributed by atoms with Crippen LogP contribution in [0.5, 0.6) is 0 Å². The lowest BCUT2D eigenvalue weighted by Crippen LogP contribution is -2.56. The molecule has 4 aliphatic carbocycles. The van der Waals surface area contributed by atoms with Gasteiger partial charge >= 0.3 is 12.1 Å². The van der Waals surface area contributed by atoms with Crippen LogP contribution in [0.25, 0.3) is 0 Å². The summed E-state index contributed by atoms with van der Waals surface area (Å²) >= 11 is 0. The maximum absolute atomic E-state index is 12.6. The lowest BCUT2D eigenvalue weighted by Gasteiger charge is -2.60. The summed E-state index contributed by atoms with van der Waals surface area (Å²) in [5, 5.41) is 13.3. The van der Waals surface area contributed by atoms with Crippen LogP contribution in [0, 0.1) is 17.3 Å². The summed E-state index contributed by atoms with van der Waals surface area (Å²) in [6.07, 6.45) is -0.176. The van der Waals surface area contributed by atoms with E-state index in [0.717, 1.165) is 56.4 Å². The smallest absolute Gasteiger partial charge is 0.416 e. The summed E-state index contributed by atoms with van der Waals surface area (Å²) in [5.41, 5.74) is -1.54. The monoisotopic (exact) mass is 425 g/mol. The molecule has 2 unspecified atom stereocenters. The molecule has 0 radical (unpaired) electrons. The number of carbonyl (C=O) groups is 2. The van der Waals surface area contributed by atoms with E-state index in [1.54, 1.807) is 0 Å². The number of esters is 1. The molecule has 1 aromatic carbocycles. The maximum Gasteiger partial charge on any atom is 0.416 e. The quantitative estimate of drug-likeness (QED) is 0.690. The van der Waals surface area contributed by atoms with E-state index >= 15 is 0 Å². The van der Waals surface area contributed by atoms with Crippen LogP contribution in [-0.2, 0) is 20.5 Å². The van der Waals surface area contributed by atoms with Crippen LogP contribution >= 0.6 is 0 Å². The van der Waals surface area contributed by atoms with Gasteiger partial charge in [0.1, 0.15) is 0 Å². The number of rotatable bonds is 5. The highest BCUT2D eigenvalue weighted by molar-refractivity contribution is 5.95. The second-order valence-corrected chi connectivity index (χ2v) is 9.56. The van der Waals surface area contributed by atoms with E-state index in [1.807, 2.05) is 0 Å². The van der Waals surface area contributed by atoms with Gasteiger partial charge < -0.3 is 15.2 Å². The van der Waals surface area contributed by atoms with Crippen molar-refractivity contribution in [1.82, 2.24) is 0 Å². The van der Waals surface area contributed by atoms with Crippen LogP contribution < -0.4 is 5.32 Å². The number of alkyl halides is 3. The Balaban J connectivity index is 1.32. The average Bonchev–Trinajstić information content (AvgIpc) is 2.58. The van der Waals surface area contributed by atoms with E-state index in [2.05, 4.69) is 5.32 Å². The first-order valence-electron chi connectivity index (χ1n) is 10.4. The standard InChI is InChI=1S/C22H26F3NO4/c1-13(19(28)26-17-4-2-16(3-5-17)22(23,24)25)30-18(27)11-20-7-14-6-15(8-20)10-21(29,9-14)12-20/h2-5,13-15,29H,6-12H2,1H3,(H,26,28)/t13-,14-,15+,20?,21?/m0/s1. The molecule has 4 aliphatic rings. The van der Waals surface area contributed by atoms with Gasteiger partial charge in [0.15, 0.2) is 6.10 Å². The van der Waals surface area contributed by atoms with Crippen molar-refractivity contribution in [3.8, 4) is 0 Å². The van der Waals surface area contributed by atoms with E-state index in [-0.39, 0.29) is 17.5 Å². The number of carbonyl (C=O) groups excluding carboxylic acids is 2. The Kier molecular flexibility index (Phi) is 5.11. The molecule has 4 saturated carbocycles. The first-order chi connectivity index (χ1) is 14.0. The zero-order chi connectivity index (χ0) is 21.7. The fourth-order valence-corrected chi connectivity index (χ4v) is 6.19. The van der Waals surface area contributed by atoms with Gasteiger partial charge in [-0.05, 0) is 87.0 Å². The fraction of sp³-hybridized carbons (Fsp3) is 0.636. The molecule has 0 aliphatic heterocycles. The SMILES string of the molecule is C[C@H](OC(=O)CC12C[C@@H]3C[C@@H](CC(O)(C3)C1)C2)C(=O)Nc1ccc(C(F)(F)F)cc1. The highest BCUT2D eigenvalue weighted by Gasteiger charge is 2.57. The molecule has 5 nitrogen and oxygen atoms in total. The molecule has 30 heavy (non-hydrogen) atoms. The Morgan fingerprint density at radius 3 is 2.30 bits per heavy atom. The average molecular weight is 425 g/mol. The van der Waals surface area contributed by atoms with Crippen molar-refractivity contribution in [3.63, 3.8) is 0 Å². The van der Waals surface area contributed by atoms with Crippen LogP contribution in [0.2, 0.25) is 0 Å². The number of ether oxygens (including phenoxy) is 1. The molecule has 0 spiro atoms. The van der Waals surface area contributed by atoms with E-state index in [0.29, 0.717) is 18.3 Å². The van der Waals surface area contributed by atoms with Crippen LogP contribution in [0.1, 0.15) is 57.4 Å². The van der Waals surface area contributed by atoms with Gasteiger partial charge in [-0.2, -0.15) is 13.2 Å². The number of halogens is 3. The predicted molar refractivity (Wildman–Crippen MR) is 102 cm³/mol.